The van der Waals surface area contributed by atoms with Crippen molar-refractivity contribution < 1.29 is 4.79 Å². The fourth-order valence-corrected chi connectivity index (χ4v) is 3.54. The van der Waals surface area contributed by atoms with E-state index in [4.69, 9.17) is 0 Å². The molecule has 0 amide bonds. The van der Waals surface area contributed by atoms with Crippen LogP contribution in [0.25, 0.3) is 0 Å². The summed E-state index contributed by atoms with van der Waals surface area (Å²) in [7, 11) is 0. The molecule has 0 aliphatic carbocycles. The first kappa shape index (κ1) is 10.2. The first-order chi connectivity index (χ1) is 5.70. The highest BCUT2D eigenvalue weighted by Gasteiger charge is 2.18. The highest BCUT2D eigenvalue weighted by Crippen LogP contribution is 2.34. The van der Waals surface area contributed by atoms with Crippen molar-refractivity contribution in [2.75, 3.05) is 5.75 Å². The molecule has 0 aromatic heterocycles. The van der Waals surface area contributed by atoms with Gasteiger partial charge in [0.15, 0.2) is 0 Å². The first-order valence-corrected chi connectivity index (χ1v) is 6.11. The summed E-state index contributed by atoms with van der Waals surface area (Å²) in [6.45, 7) is 5.42. The Morgan fingerprint density at radius 3 is 2.83 bits per heavy atom. The van der Waals surface area contributed by atoms with Crippen molar-refractivity contribution in [3.8, 4) is 0 Å². The van der Waals surface area contributed by atoms with E-state index in [0.29, 0.717) is 10.2 Å². The van der Waals surface area contributed by atoms with E-state index >= 15 is 0 Å². The van der Waals surface area contributed by atoms with Gasteiger partial charge in [0, 0.05) is 0 Å². The monoisotopic (exact) mass is 202 g/mol. The van der Waals surface area contributed by atoms with Crippen LogP contribution in [0.2, 0.25) is 0 Å². The van der Waals surface area contributed by atoms with Gasteiger partial charge in [-0.2, -0.15) is 0 Å². The maximum absolute atomic E-state index is 11.3. The zero-order chi connectivity index (χ0) is 8.97. The minimum Gasteiger partial charge on any atom is -0.282 e. The van der Waals surface area contributed by atoms with Crippen LogP contribution >= 0.6 is 23.5 Å². The van der Waals surface area contributed by atoms with Crippen LogP contribution < -0.4 is 0 Å². The summed E-state index contributed by atoms with van der Waals surface area (Å²) >= 11 is 3.36. The number of carbonyl (C=O) groups excluding carboxylic acids is 1. The van der Waals surface area contributed by atoms with Crippen molar-refractivity contribution in [1.29, 1.82) is 0 Å². The van der Waals surface area contributed by atoms with Crippen molar-refractivity contribution in [2.45, 2.75) is 30.8 Å². The number of thioether (sulfide) groups is 2. The van der Waals surface area contributed by atoms with Crippen molar-refractivity contribution in [1.82, 2.24) is 0 Å². The average Bonchev–Trinajstić information content (AvgIpc) is 2.06. The first-order valence-electron chi connectivity index (χ1n) is 4.18. The molecule has 0 bridgehead atoms. The predicted molar refractivity (Wildman–Crippen MR) is 57.5 cm³/mol. The van der Waals surface area contributed by atoms with Gasteiger partial charge in [-0.1, -0.05) is 24.8 Å². The Labute approximate surface area is 82.4 Å². The van der Waals surface area contributed by atoms with E-state index in [1.807, 2.05) is 11.8 Å². The summed E-state index contributed by atoms with van der Waals surface area (Å²) in [6, 6.07) is 0. The van der Waals surface area contributed by atoms with Gasteiger partial charge < -0.3 is 0 Å². The second kappa shape index (κ2) is 4.97. The summed E-state index contributed by atoms with van der Waals surface area (Å²) in [6.07, 6.45) is 3.76. The molecule has 0 aromatic rings. The van der Waals surface area contributed by atoms with E-state index in [1.54, 1.807) is 6.92 Å². The van der Waals surface area contributed by atoms with Gasteiger partial charge in [0.1, 0.15) is 0 Å². The molecule has 68 valence electrons. The molecule has 0 saturated carbocycles. The van der Waals surface area contributed by atoms with E-state index in [2.05, 4.69) is 6.58 Å². The molecule has 1 aliphatic rings. The van der Waals surface area contributed by atoms with Crippen molar-refractivity contribution >= 4 is 28.6 Å². The Morgan fingerprint density at radius 1 is 1.58 bits per heavy atom. The molecule has 0 spiro atoms. The minimum atomic E-state index is 0.161. The number of hydrogen-bond acceptors (Lipinski definition) is 3. The van der Waals surface area contributed by atoms with Crippen LogP contribution in [0.3, 0.4) is 0 Å². The van der Waals surface area contributed by atoms with Crippen LogP contribution in [0.15, 0.2) is 12.2 Å². The molecule has 0 radical (unpaired) electrons. The SMILES string of the molecule is C=C(C)C(=O)SC1CCCCS1. The van der Waals surface area contributed by atoms with Crippen LogP contribution in [-0.4, -0.2) is 15.5 Å². The number of hydrogen-bond donors (Lipinski definition) is 0. The molecule has 12 heavy (non-hydrogen) atoms. The van der Waals surface area contributed by atoms with Gasteiger partial charge in [-0.05, 0) is 31.1 Å². The summed E-state index contributed by atoms with van der Waals surface area (Å²) in [5.74, 6) is 1.21. The minimum absolute atomic E-state index is 0.161. The summed E-state index contributed by atoms with van der Waals surface area (Å²) < 4.78 is 0.489. The maximum atomic E-state index is 11.3. The highest BCUT2D eigenvalue weighted by atomic mass is 32.2. The van der Waals surface area contributed by atoms with Gasteiger partial charge in [0.05, 0.1) is 4.58 Å². The van der Waals surface area contributed by atoms with Gasteiger partial charge in [0.25, 0.3) is 0 Å². The van der Waals surface area contributed by atoms with Crippen molar-refractivity contribution in [3.63, 3.8) is 0 Å². The third-order valence-corrected chi connectivity index (χ3v) is 4.61. The van der Waals surface area contributed by atoms with Crippen LogP contribution in [0.4, 0.5) is 0 Å². The van der Waals surface area contributed by atoms with E-state index in [1.165, 1.54) is 36.8 Å². The van der Waals surface area contributed by atoms with Crippen molar-refractivity contribution in [2.24, 2.45) is 0 Å². The van der Waals surface area contributed by atoms with Gasteiger partial charge in [0.2, 0.25) is 5.12 Å². The Kier molecular flexibility index (Phi) is 4.22. The van der Waals surface area contributed by atoms with Gasteiger partial charge in [-0.15, -0.1) is 11.8 Å². The van der Waals surface area contributed by atoms with Crippen LogP contribution in [0.5, 0.6) is 0 Å². The molecule has 1 atom stereocenters. The molecule has 3 heteroatoms. The number of rotatable bonds is 2. The zero-order valence-electron chi connectivity index (χ0n) is 7.34. The number of carbonyl (C=O) groups is 1. The Hall–Kier alpha value is 0.110. The molecule has 0 N–H and O–H groups in total. The fourth-order valence-electron chi connectivity index (χ4n) is 1.02. The standard InChI is InChI=1S/C9H14OS2/c1-7(2)9(10)12-8-5-3-4-6-11-8/h8H,1,3-6H2,2H3. The zero-order valence-corrected chi connectivity index (χ0v) is 8.97. The van der Waals surface area contributed by atoms with Gasteiger partial charge >= 0.3 is 0 Å². The van der Waals surface area contributed by atoms with Crippen LogP contribution in [-0.2, 0) is 4.79 Å². The molecule has 1 unspecified atom stereocenters. The van der Waals surface area contributed by atoms with E-state index < -0.39 is 0 Å². The van der Waals surface area contributed by atoms with Gasteiger partial charge in [-0.25, -0.2) is 0 Å². The Balaban J connectivity index is 2.29. The molecule has 1 saturated heterocycles. The van der Waals surface area contributed by atoms with Crippen molar-refractivity contribution in [3.05, 3.63) is 12.2 Å². The van der Waals surface area contributed by atoms with E-state index in [9.17, 15) is 4.79 Å². The molecular weight excluding hydrogens is 188 g/mol. The molecule has 1 nitrogen and oxygen atoms in total. The Bertz CT molecular complexity index is 183. The summed E-state index contributed by atoms with van der Waals surface area (Å²) in [5, 5.41) is 0.161. The van der Waals surface area contributed by atoms with Gasteiger partial charge in [-0.3, -0.25) is 4.79 Å². The lowest BCUT2D eigenvalue weighted by Gasteiger charge is -2.19. The van der Waals surface area contributed by atoms with E-state index in [0.717, 1.165) is 0 Å². The van der Waals surface area contributed by atoms with Crippen LogP contribution in [0, 0.1) is 0 Å². The lowest BCUT2D eigenvalue weighted by molar-refractivity contribution is -0.107. The molecule has 1 heterocycles. The molecule has 1 fully saturated rings. The summed E-state index contributed by atoms with van der Waals surface area (Å²) in [4.78, 5) is 11.3. The lowest BCUT2D eigenvalue weighted by Crippen LogP contribution is -2.08. The topological polar surface area (TPSA) is 17.1 Å². The largest absolute Gasteiger partial charge is 0.282 e. The molecule has 0 aromatic carbocycles. The summed E-state index contributed by atoms with van der Waals surface area (Å²) in [5.41, 5.74) is 0.672. The normalized spacial score (nSPS) is 23.6. The third kappa shape index (κ3) is 3.23. The predicted octanol–water partition coefficient (Wildman–Crippen LogP) is 3.07. The lowest BCUT2D eigenvalue weighted by atomic mass is 10.3. The quantitative estimate of drug-likeness (QED) is 0.641. The van der Waals surface area contributed by atoms with Crippen LogP contribution in [0.1, 0.15) is 26.2 Å². The highest BCUT2D eigenvalue weighted by molar-refractivity contribution is 8.25. The smallest absolute Gasteiger partial charge is 0.215 e. The second-order valence-electron chi connectivity index (χ2n) is 2.98. The average molecular weight is 202 g/mol. The third-order valence-electron chi connectivity index (χ3n) is 1.72. The fraction of sp³-hybridized carbons (Fsp3) is 0.667. The second-order valence-corrected chi connectivity index (χ2v) is 5.77. The molecule has 1 rings (SSSR count). The molecule has 1 aliphatic heterocycles. The maximum Gasteiger partial charge on any atom is 0.215 e. The Morgan fingerprint density at radius 2 is 2.33 bits per heavy atom. The van der Waals surface area contributed by atoms with E-state index in [-0.39, 0.29) is 5.12 Å². The molecular formula is C9H14OS2.